The smallest absolute Gasteiger partial charge is 0.254 e. The van der Waals surface area contributed by atoms with Crippen molar-refractivity contribution in [1.29, 1.82) is 0 Å². The second-order valence-corrected chi connectivity index (χ2v) is 7.20. The maximum absolute atomic E-state index is 13.3. The summed E-state index contributed by atoms with van der Waals surface area (Å²) in [6.45, 7) is 2.74. The normalized spacial score (nSPS) is 18.3. The van der Waals surface area contributed by atoms with Crippen molar-refractivity contribution >= 4 is 17.5 Å². The van der Waals surface area contributed by atoms with Crippen LogP contribution < -0.4 is 9.47 Å². The molecule has 6 heteroatoms. The number of rotatable bonds is 5. The van der Waals surface area contributed by atoms with Gasteiger partial charge in [0, 0.05) is 25.3 Å². The Hall–Kier alpha value is -2.24. The monoisotopic (exact) mass is 387 g/mol. The summed E-state index contributed by atoms with van der Waals surface area (Å²) >= 11 is 6.33. The first kappa shape index (κ1) is 18.1. The average Bonchev–Trinajstić information content (AvgIpc) is 3.21. The largest absolute Gasteiger partial charge is 0.486 e. The van der Waals surface area contributed by atoms with E-state index in [-0.39, 0.29) is 12.0 Å². The van der Waals surface area contributed by atoms with Crippen LogP contribution in [0.2, 0.25) is 5.02 Å². The van der Waals surface area contributed by atoms with Gasteiger partial charge in [0.2, 0.25) is 0 Å². The van der Waals surface area contributed by atoms with Gasteiger partial charge in [-0.2, -0.15) is 0 Å². The minimum absolute atomic E-state index is 0.0744. The highest BCUT2D eigenvalue weighted by molar-refractivity contribution is 6.32. The zero-order valence-corrected chi connectivity index (χ0v) is 15.8. The van der Waals surface area contributed by atoms with Gasteiger partial charge < -0.3 is 19.1 Å². The minimum Gasteiger partial charge on any atom is -0.486 e. The van der Waals surface area contributed by atoms with Crippen molar-refractivity contribution in [3.05, 3.63) is 58.6 Å². The molecule has 27 heavy (non-hydrogen) atoms. The predicted molar refractivity (Wildman–Crippen MR) is 103 cm³/mol. The van der Waals surface area contributed by atoms with Gasteiger partial charge in [-0.15, -0.1) is 0 Å². The molecule has 0 radical (unpaired) electrons. The number of fused-ring (bicyclic) bond motifs is 1. The topological polar surface area (TPSA) is 48.0 Å². The first-order chi connectivity index (χ1) is 13.2. The SMILES string of the molecule is O=C(c1cc(Cl)c2c(c1)OCCO2)N(Cc1ccccc1)CC1CCCO1. The molecule has 2 aromatic rings. The van der Waals surface area contributed by atoms with Gasteiger partial charge in [-0.25, -0.2) is 0 Å². The Morgan fingerprint density at radius 1 is 1.11 bits per heavy atom. The average molecular weight is 388 g/mol. The summed E-state index contributed by atoms with van der Waals surface area (Å²) in [5, 5.41) is 0.396. The van der Waals surface area contributed by atoms with Crippen LogP contribution in [0.25, 0.3) is 0 Å². The molecule has 2 aliphatic rings. The van der Waals surface area contributed by atoms with Crippen LogP contribution in [-0.2, 0) is 11.3 Å². The number of ether oxygens (including phenoxy) is 3. The fourth-order valence-corrected chi connectivity index (χ4v) is 3.74. The van der Waals surface area contributed by atoms with Gasteiger partial charge in [0.1, 0.15) is 13.2 Å². The Morgan fingerprint density at radius 2 is 1.93 bits per heavy atom. The highest BCUT2D eigenvalue weighted by Gasteiger charge is 2.26. The van der Waals surface area contributed by atoms with Crippen molar-refractivity contribution < 1.29 is 19.0 Å². The van der Waals surface area contributed by atoms with E-state index >= 15 is 0 Å². The molecule has 2 aromatic carbocycles. The lowest BCUT2D eigenvalue weighted by molar-refractivity contribution is 0.0506. The second kappa shape index (κ2) is 8.19. The van der Waals surface area contributed by atoms with Crippen LogP contribution >= 0.6 is 11.6 Å². The summed E-state index contributed by atoms with van der Waals surface area (Å²) in [6, 6.07) is 13.3. The second-order valence-electron chi connectivity index (χ2n) is 6.79. The number of carbonyl (C=O) groups excluding carboxylic acids is 1. The number of hydrogen-bond acceptors (Lipinski definition) is 4. The molecule has 0 bridgehead atoms. The van der Waals surface area contributed by atoms with E-state index in [0.717, 1.165) is 25.0 Å². The molecule has 0 N–H and O–H groups in total. The van der Waals surface area contributed by atoms with Gasteiger partial charge in [-0.05, 0) is 30.5 Å². The van der Waals surface area contributed by atoms with Gasteiger partial charge in [-0.1, -0.05) is 41.9 Å². The predicted octanol–water partition coefficient (Wildman–Crippen LogP) is 3.93. The van der Waals surface area contributed by atoms with Crippen molar-refractivity contribution in [2.24, 2.45) is 0 Å². The molecule has 0 aliphatic carbocycles. The summed E-state index contributed by atoms with van der Waals surface area (Å²) < 4.78 is 16.9. The molecule has 2 aliphatic heterocycles. The quantitative estimate of drug-likeness (QED) is 0.779. The highest BCUT2D eigenvalue weighted by atomic mass is 35.5. The minimum atomic E-state index is -0.0896. The van der Waals surface area contributed by atoms with Gasteiger partial charge in [0.05, 0.1) is 11.1 Å². The third-order valence-corrected chi connectivity index (χ3v) is 5.08. The first-order valence-electron chi connectivity index (χ1n) is 9.24. The van der Waals surface area contributed by atoms with Gasteiger partial charge >= 0.3 is 0 Å². The fraction of sp³-hybridized carbons (Fsp3) is 0.381. The fourth-order valence-electron chi connectivity index (χ4n) is 3.47. The lowest BCUT2D eigenvalue weighted by Gasteiger charge is -2.27. The van der Waals surface area contributed by atoms with Gasteiger partial charge in [0.25, 0.3) is 5.91 Å². The standard InChI is InChI=1S/C21H22ClNO4/c22-18-11-16(12-19-20(18)27-10-9-26-19)21(24)23(14-17-7-4-8-25-17)13-15-5-2-1-3-6-15/h1-3,5-6,11-12,17H,4,7-10,13-14H2. The van der Waals surface area contributed by atoms with Crippen molar-refractivity contribution in [3.8, 4) is 11.5 Å². The van der Waals surface area contributed by atoms with Crippen LogP contribution in [0.15, 0.2) is 42.5 Å². The van der Waals surface area contributed by atoms with Crippen molar-refractivity contribution in [3.63, 3.8) is 0 Å². The summed E-state index contributed by atoms with van der Waals surface area (Å²) in [5.41, 5.74) is 1.57. The van der Waals surface area contributed by atoms with Crippen molar-refractivity contribution in [1.82, 2.24) is 4.90 Å². The maximum Gasteiger partial charge on any atom is 0.254 e. The van der Waals surface area contributed by atoms with Gasteiger partial charge in [-0.3, -0.25) is 4.79 Å². The maximum atomic E-state index is 13.3. The third kappa shape index (κ3) is 4.20. The Bertz CT molecular complexity index is 805. The molecule has 5 nitrogen and oxygen atoms in total. The molecule has 1 amide bonds. The van der Waals surface area contributed by atoms with E-state index < -0.39 is 0 Å². The molecule has 4 rings (SSSR count). The molecule has 0 aromatic heterocycles. The summed E-state index contributed by atoms with van der Waals surface area (Å²) in [7, 11) is 0. The van der Waals surface area contributed by atoms with Crippen LogP contribution in [0.5, 0.6) is 11.5 Å². The zero-order valence-electron chi connectivity index (χ0n) is 15.0. The number of hydrogen-bond donors (Lipinski definition) is 0. The highest BCUT2D eigenvalue weighted by Crippen LogP contribution is 2.38. The molecule has 0 saturated carbocycles. The Morgan fingerprint density at radius 3 is 2.70 bits per heavy atom. The number of benzene rings is 2. The molecular formula is C21H22ClNO4. The van der Waals surface area contributed by atoms with E-state index in [1.165, 1.54) is 0 Å². The van der Waals surface area contributed by atoms with Crippen LogP contribution in [-0.4, -0.2) is 43.3 Å². The van der Waals surface area contributed by atoms with E-state index in [9.17, 15) is 4.79 Å². The Kier molecular flexibility index (Phi) is 5.50. The number of halogens is 1. The molecule has 1 fully saturated rings. The van der Waals surface area contributed by atoms with E-state index in [2.05, 4.69) is 0 Å². The van der Waals surface area contributed by atoms with Crippen molar-refractivity contribution in [2.75, 3.05) is 26.4 Å². The molecule has 0 spiro atoms. The van der Waals surface area contributed by atoms with Crippen LogP contribution in [0.4, 0.5) is 0 Å². The molecule has 142 valence electrons. The van der Waals surface area contributed by atoms with E-state index in [0.29, 0.717) is 48.4 Å². The lowest BCUT2D eigenvalue weighted by Crippen LogP contribution is -2.37. The Balaban J connectivity index is 1.60. The number of nitrogens with zero attached hydrogens (tertiary/aromatic N) is 1. The third-order valence-electron chi connectivity index (χ3n) is 4.80. The zero-order chi connectivity index (χ0) is 18.6. The van der Waals surface area contributed by atoms with Crippen molar-refractivity contribution in [2.45, 2.75) is 25.5 Å². The summed E-state index contributed by atoms with van der Waals surface area (Å²) in [5.74, 6) is 0.940. The number of amides is 1. The molecule has 1 saturated heterocycles. The van der Waals surface area contributed by atoms with E-state index in [4.69, 9.17) is 25.8 Å². The van der Waals surface area contributed by atoms with Gasteiger partial charge in [0.15, 0.2) is 11.5 Å². The lowest BCUT2D eigenvalue weighted by atomic mass is 10.1. The van der Waals surface area contributed by atoms with Crippen LogP contribution in [0, 0.1) is 0 Å². The molecule has 1 atom stereocenters. The summed E-state index contributed by atoms with van der Waals surface area (Å²) in [6.07, 6.45) is 2.08. The van der Waals surface area contributed by atoms with Crippen LogP contribution in [0.3, 0.4) is 0 Å². The molecular weight excluding hydrogens is 366 g/mol. The van der Waals surface area contributed by atoms with E-state index in [1.807, 2.05) is 35.2 Å². The van der Waals surface area contributed by atoms with Crippen LogP contribution in [0.1, 0.15) is 28.8 Å². The molecule has 2 heterocycles. The van der Waals surface area contributed by atoms with E-state index in [1.54, 1.807) is 12.1 Å². The Labute approximate surface area is 163 Å². The number of carbonyl (C=O) groups is 1. The first-order valence-corrected chi connectivity index (χ1v) is 9.62. The molecule has 1 unspecified atom stereocenters. The summed E-state index contributed by atoms with van der Waals surface area (Å²) in [4.78, 5) is 15.1.